The third kappa shape index (κ3) is 5.14. The van der Waals surface area contributed by atoms with Crippen LogP contribution >= 0.6 is 23.4 Å². The summed E-state index contributed by atoms with van der Waals surface area (Å²) in [5, 5.41) is 5.28. The lowest BCUT2D eigenvalue weighted by atomic mass is 10.2. The fraction of sp³-hybridized carbons (Fsp3) is 0.400. The molecule has 0 spiro atoms. The van der Waals surface area contributed by atoms with Crippen LogP contribution in [0.25, 0.3) is 0 Å². The van der Waals surface area contributed by atoms with Gasteiger partial charge in [-0.15, -0.1) is 11.8 Å². The van der Waals surface area contributed by atoms with E-state index in [-0.39, 0.29) is 24.8 Å². The molecule has 0 radical (unpaired) electrons. The minimum absolute atomic E-state index is 0.0263. The number of esters is 1. The molecule has 1 saturated heterocycles. The fourth-order valence-electron chi connectivity index (χ4n) is 2.06. The van der Waals surface area contributed by atoms with Gasteiger partial charge >= 0.3 is 5.97 Å². The Morgan fingerprint density at radius 1 is 1.48 bits per heavy atom. The monoisotopic (exact) mass is 356 g/mol. The lowest BCUT2D eigenvalue weighted by Crippen LogP contribution is -2.51. The number of nitrogens with one attached hydrogen (secondary N) is 2. The van der Waals surface area contributed by atoms with Crippen molar-refractivity contribution in [1.82, 2.24) is 5.32 Å². The molecule has 8 heteroatoms. The van der Waals surface area contributed by atoms with E-state index in [9.17, 15) is 14.4 Å². The molecule has 0 saturated carbocycles. The largest absolute Gasteiger partial charge is 0.464 e. The van der Waals surface area contributed by atoms with Crippen molar-refractivity contribution in [3.63, 3.8) is 0 Å². The van der Waals surface area contributed by atoms with Crippen LogP contribution in [-0.4, -0.2) is 41.4 Å². The molecule has 1 fully saturated rings. The number of ether oxygens (including phenoxy) is 1. The van der Waals surface area contributed by atoms with Gasteiger partial charge in [0.2, 0.25) is 11.8 Å². The minimum Gasteiger partial charge on any atom is -0.464 e. The molecule has 1 heterocycles. The third-order valence-corrected chi connectivity index (χ3v) is 4.67. The molecule has 6 nitrogen and oxygen atoms in total. The molecule has 1 aliphatic rings. The van der Waals surface area contributed by atoms with Gasteiger partial charge in [0.05, 0.1) is 11.9 Å². The number of hydrogen-bond donors (Lipinski definition) is 2. The highest BCUT2D eigenvalue weighted by atomic mass is 35.5. The van der Waals surface area contributed by atoms with Gasteiger partial charge in [-0.2, -0.15) is 0 Å². The molecule has 0 unspecified atom stereocenters. The van der Waals surface area contributed by atoms with Gasteiger partial charge in [-0.1, -0.05) is 17.7 Å². The fourth-order valence-corrected chi connectivity index (χ4v) is 3.39. The molecule has 1 aliphatic heterocycles. The summed E-state index contributed by atoms with van der Waals surface area (Å²) in [6.45, 7) is 1.97. The summed E-state index contributed by atoms with van der Waals surface area (Å²) in [6, 6.07) is 6.12. The number of anilines is 1. The number of benzene rings is 1. The van der Waals surface area contributed by atoms with E-state index in [0.717, 1.165) is 0 Å². The molecule has 0 aromatic heterocycles. The quantitative estimate of drug-likeness (QED) is 0.786. The van der Waals surface area contributed by atoms with Gasteiger partial charge in [0.15, 0.2) is 0 Å². The maximum absolute atomic E-state index is 12.0. The van der Waals surface area contributed by atoms with E-state index >= 15 is 0 Å². The Bertz CT molecular complexity index is 611. The topological polar surface area (TPSA) is 84.5 Å². The molecule has 23 heavy (non-hydrogen) atoms. The van der Waals surface area contributed by atoms with Crippen molar-refractivity contribution in [3.8, 4) is 0 Å². The van der Waals surface area contributed by atoms with Gasteiger partial charge in [0.25, 0.3) is 0 Å². The molecule has 1 aromatic carbocycles. The molecular weight excluding hydrogens is 340 g/mol. The SMILES string of the molecule is CCOC(=O)[C@@H]1CS[C@@H](CC(=O)Nc2cccc(Cl)c2)C(=O)N1. The van der Waals surface area contributed by atoms with Crippen molar-refractivity contribution in [3.05, 3.63) is 29.3 Å². The Morgan fingerprint density at radius 3 is 2.91 bits per heavy atom. The van der Waals surface area contributed by atoms with Gasteiger partial charge < -0.3 is 15.4 Å². The number of hydrogen-bond acceptors (Lipinski definition) is 5. The smallest absolute Gasteiger partial charge is 0.329 e. The van der Waals surface area contributed by atoms with Gasteiger partial charge in [-0.05, 0) is 25.1 Å². The van der Waals surface area contributed by atoms with E-state index < -0.39 is 17.3 Å². The lowest BCUT2D eigenvalue weighted by Gasteiger charge is -2.27. The van der Waals surface area contributed by atoms with E-state index in [1.165, 1.54) is 11.8 Å². The second-order valence-electron chi connectivity index (χ2n) is 4.90. The number of carbonyl (C=O) groups is 3. The third-order valence-electron chi connectivity index (χ3n) is 3.12. The average molecular weight is 357 g/mol. The average Bonchev–Trinajstić information content (AvgIpc) is 2.49. The van der Waals surface area contributed by atoms with E-state index in [2.05, 4.69) is 10.6 Å². The molecule has 2 amide bonds. The summed E-state index contributed by atoms with van der Waals surface area (Å²) in [7, 11) is 0. The Hall–Kier alpha value is -1.73. The number of carbonyl (C=O) groups excluding carboxylic acids is 3. The first-order chi connectivity index (χ1) is 11.0. The zero-order valence-corrected chi connectivity index (χ0v) is 14.1. The summed E-state index contributed by atoms with van der Waals surface area (Å²) in [6.07, 6.45) is 0.0263. The van der Waals surface area contributed by atoms with Crippen molar-refractivity contribution in [2.45, 2.75) is 24.6 Å². The summed E-state index contributed by atoms with van der Waals surface area (Å²) >= 11 is 7.13. The summed E-state index contributed by atoms with van der Waals surface area (Å²) in [5.74, 6) is -0.676. The molecule has 1 aromatic rings. The summed E-state index contributed by atoms with van der Waals surface area (Å²) in [4.78, 5) is 35.6. The highest BCUT2D eigenvalue weighted by Crippen LogP contribution is 2.22. The lowest BCUT2D eigenvalue weighted by molar-refractivity contribution is -0.146. The van der Waals surface area contributed by atoms with Crippen LogP contribution in [0.4, 0.5) is 5.69 Å². The van der Waals surface area contributed by atoms with Crippen LogP contribution in [0, 0.1) is 0 Å². The molecule has 0 aliphatic carbocycles. The highest BCUT2D eigenvalue weighted by Gasteiger charge is 2.34. The van der Waals surface area contributed by atoms with Crippen molar-refractivity contribution in [2.24, 2.45) is 0 Å². The van der Waals surface area contributed by atoms with Crippen LogP contribution in [0.15, 0.2) is 24.3 Å². The Labute approximate surface area is 143 Å². The van der Waals surface area contributed by atoms with Gasteiger partial charge in [-0.25, -0.2) is 4.79 Å². The molecule has 2 atom stereocenters. The van der Waals surface area contributed by atoms with Crippen molar-refractivity contribution in [2.75, 3.05) is 17.7 Å². The van der Waals surface area contributed by atoms with Gasteiger partial charge in [0.1, 0.15) is 6.04 Å². The zero-order chi connectivity index (χ0) is 16.8. The van der Waals surface area contributed by atoms with Crippen LogP contribution in [0.1, 0.15) is 13.3 Å². The highest BCUT2D eigenvalue weighted by molar-refractivity contribution is 8.00. The Kier molecular flexibility index (Phi) is 6.29. The van der Waals surface area contributed by atoms with Crippen molar-refractivity contribution < 1.29 is 19.1 Å². The maximum atomic E-state index is 12.0. The van der Waals surface area contributed by atoms with Crippen LogP contribution in [0.5, 0.6) is 0 Å². The summed E-state index contributed by atoms with van der Waals surface area (Å²) < 4.78 is 4.88. The molecule has 124 valence electrons. The van der Waals surface area contributed by atoms with Crippen molar-refractivity contribution in [1.29, 1.82) is 0 Å². The molecule has 2 rings (SSSR count). The standard InChI is InChI=1S/C15H17ClN2O4S/c1-2-22-15(21)11-8-23-12(14(20)18-11)7-13(19)17-10-5-3-4-9(16)6-10/h3-6,11-12H,2,7-8H2,1H3,(H,17,19)(H,18,20)/t11-,12-/m0/s1. The maximum Gasteiger partial charge on any atom is 0.329 e. The normalized spacial score (nSPS) is 20.5. The van der Waals surface area contributed by atoms with Crippen LogP contribution in [-0.2, 0) is 19.1 Å². The number of halogens is 1. The molecular formula is C15H17ClN2O4S. The van der Waals surface area contributed by atoms with E-state index in [4.69, 9.17) is 16.3 Å². The van der Waals surface area contributed by atoms with E-state index in [1.54, 1.807) is 31.2 Å². The van der Waals surface area contributed by atoms with E-state index in [0.29, 0.717) is 16.5 Å². The second-order valence-corrected chi connectivity index (χ2v) is 6.57. The predicted molar refractivity (Wildman–Crippen MR) is 89.5 cm³/mol. The van der Waals surface area contributed by atoms with Crippen molar-refractivity contribution >= 4 is 46.8 Å². The first kappa shape index (κ1) is 17.6. The number of thioether (sulfide) groups is 1. The first-order valence-electron chi connectivity index (χ1n) is 7.13. The first-order valence-corrected chi connectivity index (χ1v) is 8.56. The predicted octanol–water partition coefficient (Wildman–Crippen LogP) is 1.83. The second kappa shape index (κ2) is 8.21. The zero-order valence-electron chi connectivity index (χ0n) is 12.5. The van der Waals surface area contributed by atoms with Gasteiger partial charge in [0, 0.05) is 22.9 Å². The number of amides is 2. The molecule has 0 bridgehead atoms. The van der Waals surface area contributed by atoms with Crippen LogP contribution in [0.2, 0.25) is 5.02 Å². The molecule has 2 N–H and O–H groups in total. The Balaban J connectivity index is 1.85. The number of rotatable bonds is 5. The van der Waals surface area contributed by atoms with Crippen LogP contribution in [0.3, 0.4) is 0 Å². The summed E-state index contributed by atoms with van der Waals surface area (Å²) in [5.41, 5.74) is 0.577. The van der Waals surface area contributed by atoms with Gasteiger partial charge in [-0.3, -0.25) is 9.59 Å². The minimum atomic E-state index is -0.653. The van der Waals surface area contributed by atoms with Crippen LogP contribution < -0.4 is 10.6 Å². The Morgan fingerprint density at radius 2 is 2.26 bits per heavy atom. The van der Waals surface area contributed by atoms with E-state index in [1.807, 2.05) is 0 Å².